The number of carbonyl (C=O) groups is 1. The molecule has 1 amide bonds. The molecule has 0 saturated carbocycles. The molecule has 0 aromatic carbocycles. The molecule has 0 radical (unpaired) electrons. The van der Waals surface area contributed by atoms with Crippen LogP contribution in [0.4, 0.5) is 0 Å². The van der Waals surface area contributed by atoms with Crippen molar-refractivity contribution in [3.8, 4) is 0 Å². The van der Waals surface area contributed by atoms with Crippen molar-refractivity contribution in [1.82, 2.24) is 10.2 Å². The quantitative estimate of drug-likeness (QED) is 0.798. The minimum Gasteiger partial charge on any atom is -0.339 e. The van der Waals surface area contributed by atoms with E-state index in [1.54, 1.807) is 0 Å². The Morgan fingerprint density at radius 1 is 1.35 bits per heavy atom. The fraction of sp³-hybridized carbons (Fsp3) is 0.929. The summed E-state index contributed by atoms with van der Waals surface area (Å²) in [5.41, 5.74) is 0. The summed E-state index contributed by atoms with van der Waals surface area (Å²) in [6.07, 6.45) is 4.34. The molecule has 0 aromatic rings. The Morgan fingerprint density at radius 3 is 2.76 bits per heavy atom. The van der Waals surface area contributed by atoms with Crippen LogP contribution in [-0.4, -0.2) is 36.0 Å². The molecule has 2 rings (SSSR count). The van der Waals surface area contributed by atoms with E-state index >= 15 is 0 Å². The van der Waals surface area contributed by atoms with Gasteiger partial charge in [0.2, 0.25) is 5.91 Å². The molecule has 0 aliphatic carbocycles. The van der Waals surface area contributed by atoms with Gasteiger partial charge in [-0.15, -0.1) is 0 Å². The van der Waals surface area contributed by atoms with E-state index in [0.29, 0.717) is 36.2 Å². The second kappa shape index (κ2) is 5.38. The molecule has 2 aliphatic rings. The maximum absolute atomic E-state index is 12.3. The first-order valence-corrected chi connectivity index (χ1v) is 7.10. The number of amides is 1. The molecule has 2 aliphatic heterocycles. The largest absolute Gasteiger partial charge is 0.339 e. The molecule has 4 unspecified atom stereocenters. The van der Waals surface area contributed by atoms with E-state index in [0.717, 1.165) is 13.1 Å². The molecule has 0 spiro atoms. The monoisotopic (exact) mass is 238 g/mol. The van der Waals surface area contributed by atoms with Gasteiger partial charge < -0.3 is 10.2 Å². The van der Waals surface area contributed by atoms with Gasteiger partial charge in [0.05, 0.1) is 0 Å². The Labute approximate surface area is 105 Å². The zero-order chi connectivity index (χ0) is 12.4. The summed E-state index contributed by atoms with van der Waals surface area (Å²) in [5.74, 6) is 1.65. The predicted octanol–water partition coefficient (Wildman–Crippen LogP) is 2.02. The number of likely N-dealkylation sites (tertiary alicyclic amines) is 1. The van der Waals surface area contributed by atoms with Crippen LogP contribution >= 0.6 is 0 Å². The first-order valence-electron chi connectivity index (χ1n) is 7.10. The van der Waals surface area contributed by atoms with Gasteiger partial charge in [-0.05, 0) is 44.6 Å². The van der Waals surface area contributed by atoms with Crippen molar-refractivity contribution >= 4 is 5.91 Å². The Balaban J connectivity index is 1.92. The van der Waals surface area contributed by atoms with Gasteiger partial charge in [-0.1, -0.05) is 13.8 Å². The highest BCUT2D eigenvalue weighted by Crippen LogP contribution is 2.27. The van der Waals surface area contributed by atoms with Crippen molar-refractivity contribution in [3.63, 3.8) is 0 Å². The van der Waals surface area contributed by atoms with Gasteiger partial charge in [-0.3, -0.25) is 4.79 Å². The second-order valence-electron chi connectivity index (χ2n) is 6.10. The van der Waals surface area contributed by atoms with Crippen LogP contribution in [0.15, 0.2) is 0 Å². The van der Waals surface area contributed by atoms with E-state index < -0.39 is 0 Å². The van der Waals surface area contributed by atoms with Crippen LogP contribution in [0, 0.1) is 11.8 Å². The zero-order valence-corrected chi connectivity index (χ0v) is 11.4. The van der Waals surface area contributed by atoms with Gasteiger partial charge in [0.25, 0.3) is 0 Å². The van der Waals surface area contributed by atoms with E-state index in [9.17, 15) is 4.79 Å². The highest BCUT2D eigenvalue weighted by atomic mass is 16.2. The Morgan fingerprint density at radius 2 is 2.12 bits per heavy atom. The average molecular weight is 238 g/mol. The molecule has 98 valence electrons. The van der Waals surface area contributed by atoms with Crippen LogP contribution in [0.5, 0.6) is 0 Å². The van der Waals surface area contributed by atoms with Gasteiger partial charge in [-0.2, -0.15) is 0 Å². The van der Waals surface area contributed by atoms with Gasteiger partial charge >= 0.3 is 0 Å². The molecular formula is C14H26N2O. The van der Waals surface area contributed by atoms with Crippen molar-refractivity contribution in [2.45, 2.75) is 58.5 Å². The lowest BCUT2D eigenvalue weighted by Crippen LogP contribution is -2.50. The van der Waals surface area contributed by atoms with Crippen molar-refractivity contribution in [2.24, 2.45) is 11.8 Å². The van der Waals surface area contributed by atoms with Crippen LogP contribution in [0.25, 0.3) is 0 Å². The molecule has 1 N–H and O–H groups in total. The minimum atomic E-state index is 0.357. The standard InChI is InChI=1S/C14H26N2O/c1-10-7-11(2)12(3)16(9-10)14(17)8-13-5-4-6-15-13/h10-13,15H,4-9H2,1-3H3. The smallest absolute Gasteiger partial charge is 0.224 e. The molecule has 4 atom stereocenters. The van der Waals surface area contributed by atoms with E-state index in [2.05, 4.69) is 31.0 Å². The molecule has 3 nitrogen and oxygen atoms in total. The van der Waals surface area contributed by atoms with E-state index in [-0.39, 0.29) is 0 Å². The van der Waals surface area contributed by atoms with Crippen LogP contribution in [0.1, 0.15) is 46.5 Å². The number of carbonyl (C=O) groups excluding carboxylic acids is 1. The third kappa shape index (κ3) is 3.01. The Kier molecular flexibility index (Phi) is 4.08. The van der Waals surface area contributed by atoms with Gasteiger partial charge in [0.1, 0.15) is 0 Å². The normalized spacial score (nSPS) is 38.4. The number of hydrogen-bond acceptors (Lipinski definition) is 2. The summed E-state index contributed by atoms with van der Waals surface area (Å²) in [6.45, 7) is 8.78. The summed E-state index contributed by atoms with van der Waals surface area (Å²) in [6, 6.07) is 0.849. The van der Waals surface area contributed by atoms with Crippen LogP contribution in [-0.2, 0) is 4.79 Å². The molecule has 2 heterocycles. The van der Waals surface area contributed by atoms with Crippen molar-refractivity contribution in [2.75, 3.05) is 13.1 Å². The number of nitrogens with zero attached hydrogens (tertiary/aromatic N) is 1. The second-order valence-corrected chi connectivity index (χ2v) is 6.10. The van der Waals surface area contributed by atoms with E-state index in [1.807, 2.05) is 0 Å². The van der Waals surface area contributed by atoms with Gasteiger partial charge in [-0.25, -0.2) is 0 Å². The van der Waals surface area contributed by atoms with E-state index in [4.69, 9.17) is 0 Å². The van der Waals surface area contributed by atoms with Gasteiger partial charge in [0.15, 0.2) is 0 Å². The van der Waals surface area contributed by atoms with Crippen LogP contribution in [0.2, 0.25) is 0 Å². The lowest BCUT2D eigenvalue weighted by atomic mass is 9.85. The molecule has 2 saturated heterocycles. The third-order valence-corrected chi connectivity index (χ3v) is 4.50. The minimum absolute atomic E-state index is 0.357. The summed E-state index contributed by atoms with van der Waals surface area (Å²) < 4.78 is 0. The third-order valence-electron chi connectivity index (χ3n) is 4.50. The summed E-state index contributed by atoms with van der Waals surface area (Å²) in [7, 11) is 0. The van der Waals surface area contributed by atoms with Crippen LogP contribution in [0.3, 0.4) is 0 Å². The first-order chi connectivity index (χ1) is 8.08. The number of piperidine rings is 1. The van der Waals surface area contributed by atoms with Crippen molar-refractivity contribution in [3.05, 3.63) is 0 Å². The fourth-order valence-corrected chi connectivity index (χ4v) is 3.30. The summed E-state index contributed by atoms with van der Waals surface area (Å²) in [4.78, 5) is 14.5. The SMILES string of the molecule is CC1CC(C)C(C)N(C(=O)CC2CCCN2)C1. The predicted molar refractivity (Wildman–Crippen MR) is 69.8 cm³/mol. The number of nitrogens with one attached hydrogen (secondary N) is 1. The zero-order valence-electron chi connectivity index (χ0n) is 11.4. The highest BCUT2D eigenvalue weighted by Gasteiger charge is 2.32. The lowest BCUT2D eigenvalue weighted by molar-refractivity contribution is -0.137. The number of rotatable bonds is 2. The average Bonchev–Trinajstić information content (AvgIpc) is 2.76. The highest BCUT2D eigenvalue weighted by molar-refractivity contribution is 5.77. The van der Waals surface area contributed by atoms with E-state index in [1.165, 1.54) is 19.3 Å². The molecule has 0 aromatic heterocycles. The maximum atomic E-state index is 12.3. The Hall–Kier alpha value is -0.570. The molecule has 17 heavy (non-hydrogen) atoms. The molecular weight excluding hydrogens is 212 g/mol. The fourth-order valence-electron chi connectivity index (χ4n) is 3.30. The molecule has 0 bridgehead atoms. The van der Waals surface area contributed by atoms with Crippen LogP contribution < -0.4 is 5.32 Å². The summed E-state index contributed by atoms with van der Waals surface area (Å²) in [5, 5.41) is 3.42. The van der Waals surface area contributed by atoms with Gasteiger partial charge in [0, 0.05) is 25.0 Å². The van der Waals surface area contributed by atoms with Crippen molar-refractivity contribution < 1.29 is 4.79 Å². The molecule has 2 fully saturated rings. The Bertz CT molecular complexity index is 273. The van der Waals surface area contributed by atoms with Crippen molar-refractivity contribution in [1.29, 1.82) is 0 Å². The molecule has 3 heteroatoms. The summed E-state index contributed by atoms with van der Waals surface area (Å²) >= 11 is 0. The maximum Gasteiger partial charge on any atom is 0.224 e. The number of hydrogen-bond donors (Lipinski definition) is 1. The first kappa shape index (κ1) is 12.9. The topological polar surface area (TPSA) is 32.3 Å². The lowest BCUT2D eigenvalue weighted by Gasteiger charge is -2.41.